The maximum absolute atomic E-state index is 12.3. The Morgan fingerprint density at radius 1 is 1.00 bits per heavy atom. The van der Waals surface area contributed by atoms with Crippen molar-refractivity contribution in [1.29, 1.82) is 0 Å². The first-order valence-electron chi connectivity index (χ1n) is 13.5. The van der Waals surface area contributed by atoms with E-state index in [0.717, 1.165) is 45.6 Å². The van der Waals surface area contributed by atoms with Gasteiger partial charge in [-0.1, -0.05) is 36.4 Å². The molecule has 0 atom stereocenters. The number of nitrogens with one attached hydrogen (secondary N) is 1. The number of pyridine rings is 2. The van der Waals surface area contributed by atoms with E-state index in [4.69, 9.17) is 4.98 Å². The van der Waals surface area contributed by atoms with Crippen LogP contribution in [0.5, 0.6) is 0 Å². The summed E-state index contributed by atoms with van der Waals surface area (Å²) in [5.41, 5.74) is 7.11. The SMILES string of the molecule is CCN(CC)C(=O)/C=C/c1ccc(-c2cc(Nc3ccc(CN4CCCC4)cc3)c3cnccc3n2)cc1. The van der Waals surface area contributed by atoms with Gasteiger partial charge in [0.15, 0.2) is 0 Å². The zero-order chi connectivity index (χ0) is 26.3. The third kappa shape index (κ3) is 6.09. The summed E-state index contributed by atoms with van der Waals surface area (Å²) in [7, 11) is 0. The number of aromatic nitrogens is 2. The molecule has 1 aliphatic rings. The normalized spacial score (nSPS) is 13.8. The quantitative estimate of drug-likeness (QED) is 0.263. The van der Waals surface area contributed by atoms with Gasteiger partial charge in [-0.15, -0.1) is 0 Å². The van der Waals surface area contributed by atoms with E-state index in [2.05, 4.69) is 45.5 Å². The minimum Gasteiger partial charge on any atom is -0.355 e. The minimum atomic E-state index is 0.0312. The fourth-order valence-electron chi connectivity index (χ4n) is 4.94. The first-order chi connectivity index (χ1) is 18.6. The molecule has 0 spiro atoms. The molecule has 1 saturated heterocycles. The van der Waals surface area contributed by atoms with Crippen molar-refractivity contribution in [1.82, 2.24) is 19.8 Å². The van der Waals surface area contributed by atoms with Crippen LogP contribution in [-0.4, -0.2) is 51.9 Å². The Balaban J connectivity index is 1.36. The van der Waals surface area contributed by atoms with Gasteiger partial charge in [0, 0.05) is 54.7 Å². The van der Waals surface area contributed by atoms with Gasteiger partial charge in [0.2, 0.25) is 5.91 Å². The summed E-state index contributed by atoms with van der Waals surface area (Å²) in [6.07, 6.45) is 9.75. The molecule has 194 valence electrons. The van der Waals surface area contributed by atoms with E-state index >= 15 is 0 Å². The van der Waals surface area contributed by atoms with Crippen LogP contribution in [0.25, 0.3) is 28.2 Å². The molecule has 1 aliphatic heterocycles. The number of likely N-dealkylation sites (N-methyl/N-ethyl adjacent to an activating group) is 1. The summed E-state index contributed by atoms with van der Waals surface area (Å²) in [5, 5.41) is 4.58. The molecule has 0 unspecified atom stereocenters. The zero-order valence-corrected chi connectivity index (χ0v) is 22.2. The third-order valence-electron chi connectivity index (χ3n) is 7.15. The van der Waals surface area contributed by atoms with Gasteiger partial charge in [0.1, 0.15) is 0 Å². The molecule has 3 heterocycles. The predicted molar refractivity (Wildman–Crippen MR) is 156 cm³/mol. The number of carbonyl (C=O) groups excluding carboxylic acids is 1. The number of anilines is 2. The molecule has 1 N–H and O–H groups in total. The van der Waals surface area contributed by atoms with Crippen molar-refractivity contribution >= 4 is 34.3 Å². The van der Waals surface area contributed by atoms with Crippen LogP contribution in [0.2, 0.25) is 0 Å². The highest BCUT2D eigenvalue weighted by Crippen LogP contribution is 2.30. The van der Waals surface area contributed by atoms with Gasteiger partial charge < -0.3 is 10.2 Å². The summed E-state index contributed by atoms with van der Waals surface area (Å²) < 4.78 is 0. The molecule has 1 amide bonds. The molecule has 0 bridgehead atoms. The van der Waals surface area contributed by atoms with Crippen molar-refractivity contribution in [3.05, 3.63) is 90.3 Å². The third-order valence-corrected chi connectivity index (χ3v) is 7.15. The highest BCUT2D eigenvalue weighted by molar-refractivity contribution is 5.95. The number of hydrogen-bond acceptors (Lipinski definition) is 5. The fraction of sp³-hybridized carbons (Fsp3) is 0.281. The molecule has 5 rings (SSSR count). The van der Waals surface area contributed by atoms with Crippen LogP contribution in [0.1, 0.15) is 37.8 Å². The van der Waals surface area contributed by atoms with Gasteiger partial charge in [-0.2, -0.15) is 0 Å². The minimum absolute atomic E-state index is 0.0312. The Morgan fingerprint density at radius 2 is 1.74 bits per heavy atom. The van der Waals surface area contributed by atoms with Crippen molar-refractivity contribution in [2.75, 3.05) is 31.5 Å². The maximum atomic E-state index is 12.3. The molecule has 4 aromatic rings. The Morgan fingerprint density at radius 3 is 2.45 bits per heavy atom. The van der Waals surface area contributed by atoms with E-state index in [9.17, 15) is 4.79 Å². The molecular formula is C32H35N5O. The average Bonchev–Trinajstić information content (AvgIpc) is 3.47. The van der Waals surface area contributed by atoms with Gasteiger partial charge in [-0.3, -0.25) is 14.7 Å². The number of carbonyl (C=O) groups is 1. The monoisotopic (exact) mass is 505 g/mol. The Bertz CT molecular complexity index is 1400. The summed E-state index contributed by atoms with van der Waals surface area (Å²) in [6, 6.07) is 20.9. The van der Waals surface area contributed by atoms with Crippen molar-refractivity contribution in [2.24, 2.45) is 0 Å². The summed E-state index contributed by atoms with van der Waals surface area (Å²) in [4.78, 5) is 25.8. The molecule has 0 radical (unpaired) electrons. The zero-order valence-electron chi connectivity index (χ0n) is 22.2. The maximum Gasteiger partial charge on any atom is 0.246 e. The van der Waals surface area contributed by atoms with Crippen LogP contribution in [-0.2, 0) is 11.3 Å². The molecule has 0 saturated carbocycles. The van der Waals surface area contributed by atoms with Crippen molar-refractivity contribution in [3.63, 3.8) is 0 Å². The number of benzene rings is 2. The van der Waals surface area contributed by atoms with E-state index in [1.807, 2.05) is 56.5 Å². The average molecular weight is 506 g/mol. The summed E-state index contributed by atoms with van der Waals surface area (Å²) in [5.74, 6) is 0.0312. The van der Waals surface area contributed by atoms with E-state index in [1.54, 1.807) is 17.2 Å². The van der Waals surface area contributed by atoms with E-state index in [0.29, 0.717) is 13.1 Å². The Hall–Kier alpha value is -4.03. The highest BCUT2D eigenvalue weighted by Gasteiger charge is 2.12. The van der Waals surface area contributed by atoms with Crippen LogP contribution in [0.15, 0.2) is 79.1 Å². The van der Waals surface area contributed by atoms with Gasteiger partial charge in [0.25, 0.3) is 0 Å². The second-order valence-corrected chi connectivity index (χ2v) is 9.72. The number of hydrogen-bond donors (Lipinski definition) is 1. The number of amides is 1. The van der Waals surface area contributed by atoms with Gasteiger partial charge in [-0.25, -0.2) is 4.98 Å². The second kappa shape index (κ2) is 12.0. The topological polar surface area (TPSA) is 61.4 Å². The standard InChI is InChI=1S/C32H35N5O/c1-3-37(4-2)32(38)16-11-24-7-12-26(13-8-24)30-21-31(28-22-33-18-17-29(28)35-30)34-27-14-9-25(10-15-27)23-36-19-5-6-20-36/h7-18,21-22H,3-6,19-20,23H2,1-2H3,(H,34,35)/b16-11+. The number of nitrogens with zero attached hydrogens (tertiary/aromatic N) is 4. The number of likely N-dealkylation sites (tertiary alicyclic amines) is 1. The Labute approximate surface area is 225 Å². The smallest absolute Gasteiger partial charge is 0.246 e. The van der Waals surface area contributed by atoms with E-state index < -0.39 is 0 Å². The van der Waals surface area contributed by atoms with Crippen molar-refractivity contribution in [3.8, 4) is 11.3 Å². The van der Waals surface area contributed by atoms with Gasteiger partial charge >= 0.3 is 0 Å². The fourth-order valence-corrected chi connectivity index (χ4v) is 4.94. The van der Waals surface area contributed by atoms with Crippen LogP contribution >= 0.6 is 0 Å². The number of fused-ring (bicyclic) bond motifs is 1. The Kier molecular flexibility index (Phi) is 8.09. The largest absolute Gasteiger partial charge is 0.355 e. The predicted octanol–water partition coefficient (Wildman–Crippen LogP) is 6.52. The van der Waals surface area contributed by atoms with Gasteiger partial charge in [0.05, 0.1) is 16.9 Å². The lowest BCUT2D eigenvalue weighted by atomic mass is 10.1. The lowest BCUT2D eigenvalue weighted by Gasteiger charge is -2.16. The molecule has 1 fully saturated rings. The van der Waals surface area contributed by atoms with Crippen LogP contribution in [0, 0.1) is 0 Å². The van der Waals surface area contributed by atoms with Crippen LogP contribution < -0.4 is 5.32 Å². The van der Waals surface area contributed by atoms with E-state index in [-0.39, 0.29) is 5.91 Å². The number of rotatable bonds is 9. The molecular weight excluding hydrogens is 470 g/mol. The van der Waals surface area contributed by atoms with Crippen LogP contribution in [0.4, 0.5) is 11.4 Å². The lowest BCUT2D eigenvalue weighted by Crippen LogP contribution is -2.28. The second-order valence-electron chi connectivity index (χ2n) is 9.72. The lowest BCUT2D eigenvalue weighted by molar-refractivity contribution is -0.125. The highest BCUT2D eigenvalue weighted by atomic mass is 16.2. The van der Waals surface area contributed by atoms with E-state index in [1.165, 1.54) is 31.5 Å². The van der Waals surface area contributed by atoms with Crippen LogP contribution in [0.3, 0.4) is 0 Å². The first kappa shape index (κ1) is 25.6. The molecule has 6 nitrogen and oxygen atoms in total. The van der Waals surface area contributed by atoms with Gasteiger partial charge in [-0.05, 0) is 81.2 Å². The van der Waals surface area contributed by atoms with Crippen molar-refractivity contribution < 1.29 is 4.79 Å². The summed E-state index contributed by atoms with van der Waals surface area (Å²) >= 11 is 0. The molecule has 2 aromatic heterocycles. The molecule has 2 aromatic carbocycles. The van der Waals surface area contributed by atoms with Crippen molar-refractivity contribution in [2.45, 2.75) is 33.2 Å². The molecule has 0 aliphatic carbocycles. The summed E-state index contributed by atoms with van der Waals surface area (Å²) in [6.45, 7) is 8.81. The molecule has 38 heavy (non-hydrogen) atoms. The molecule has 6 heteroatoms. The first-order valence-corrected chi connectivity index (χ1v) is 13.5.